The molecular weight excluding hydrogens is 286 g/mol. The lowest BCUT2D eigenvalue weighted by molar-refractivity contribution is 0.305. The van der Waals surface area contributed by atoms with Gasteiger partial charge in [0.2, 0.25) is 11.8 Å². The zero-order valence-corrected chi connectivity index (χ0v) is 13.2. The van der Waals surface area contributed by atoms with Gasteiger partial charge in [-0.1, -0.05) is 30.7 Å². The summed E-state index contributed by atoms with van der Waals surface area (Å²) in [7, 11) is 0. The van der Waals surface area contributed by atoms with Crippen LogP contribution in [-0.2, 0) is 6.42 Å². The minimum absolute atomic E-state index is 0.607. The molecule has 0 unspecified atom stereocenters. The molecule has 0 bridgehead atoms. The fourth-order valence-corrected chi connectivity index (χ4v) is 1.99. The van der Waals surface area contributed by atoms with Gasteiger partial charge in [0, 0.05) is 23.3 Å². The zero-order chi connectivity index (χ0) is 15.1. The van der Waals surface area contributed by atoms with Crippen molar-refractivity contribution in [2.24, 2.45) is 0 Å². The van der Waals surface area contributed by atoms with E-state index < -0.39 is 0 Å². The van der Waals surface area contributed by atoms with Crippen molar-refractivity contribution in [3.63, 3.8) is 0 Å². The smallest absolute Gasteiger partial charge is 0.226 e. The largest absolute Gasteiger partial charge is 0.478 e. The summed E-state index contributed by atoms with van der Waals surface area (Å²) in [6, 6.07) is 9.70. The molecule has 0 atom stereocenters. The average molecular weight is 306 g/mol. The van der Waals surface area contributed by atoms with Crippen LogP contribution in [0.4, 0.5) is 5.95 Å². The summed E-state index contributed by atoms with van der Waals surface area (Å²) in [6.07, 6.45) is 1.85. The van der Waals surface area contributed by atoms with Crippen LogP contribution in [0.1, 0.15) is 24.6 Å². The SMILES string of the molecule is CCCOc1cc(C)nc(NCCc2ccc(Cl)cc2)n1. The number of rotatable bonds is 7. The second-order valence-electron chi connectivity index (χ2n) is 4.82. The Kier molecular flexibility index (Phi) is 5.81. The molecule has 0 spiro atoms. The van der Waals surface area contributed by atoms with Crippen molar-refractivity contribution in [3.05, 3.63) is 46.6 Å². The Morgan fingerprint density at radius 2 is 1.95 bits per heavy atom. The van der Waals surface area contributed by atoms with Crippen LogP contribution in [-0.4, -0.2) is 23.1 Å². The van der Waals surface area contributed by atoms with E-state index in [0.717, 1.165) is 30.1 Å². The summed E-state index contributed by atoms with van der Waals surface area (Å²) in [4.78, 5) is 8.71. The van der Waals surface area contributed by atoms with Crippen molar-refractivity contribution >= 4 is 17.5 Å². The van der Waals surface area contributed by atoms with Gasteiger partial charge in [0.05, 0.1) is 6.61 Å². The van der Waals surface area contributed by atoms with Crippen LogP contribution in [0.15, 0.2) is 30.3 Å². The summed E-state index contributed by atoms with van der Waals surface area (Å²) < 4.78 is 5.55. The second-order valence-corrected chi connectivity index (χ2v) is 5.26. The van der Waals surface area contributed by atoms with Gasteiger partial charge in [-0.2, -0.15) is 4.98 Å². The quantitative estimate of drug-likeness (QED) is 0.843. The van der Waals surface area contributed by atoms with Crippen molar-refractivity contribution in [2.75, 3.05) is 18.5 Å². The van der Waals surface area contributed by atoms with Crippen molar-refractivity contribution in [2.45, 2.75) is 26.7 Å². The Morgan fingerprint density at radius 1 is 1.19 bits per heavy atom. The first-order chi connectivity index (χ1) is 10.2. The van der Waals surface area contributed by atoms with Crippen molar-refractivity contribution in [3.8, 4) is 5.88 Å². The highest BCUT2D eigenvalue weighted by Crippen LogP contribution is 2.13. The van der Waals surface area contributed by atoms with Gasteiger partial charge < -0.3 is 10.1 Å². The lowest BCUT2D eigenvalue weighted by Crippen LogP contribution is -2.09. The highest BCUT2D eigenvalue weighted by Gasteiger charge is 2.03. The predicted octanol–water partition coefficient (Wildman–Crippen LogP) is 3.88. The Labute approximate surface area is 130 Å². The first-order valence-electron chi connectivity index (χ1n) is 7.14. The van der Waals surface area contributed by atoms with Crippen LogP contribution >= 0.6 is 11.6 Å². The molecule has 0 saturated carbocycles. The van der Waals surface area contributed by atoms with Gasteiger partial charge in [0.25, 0.3) is 0 Å². The van der Waals surface area contributed by atoms with Crippen LogP contribution in [0, 0.1) is 6.92 Å². The van der Waals surface area contributed by atoms with Gasteiger partial charge in [0.1, 0.15) is 0 Å². The number of aromatic nitrogens is 2. The third kappa shape index (κ3) is 5.23. The van der Waals surface area contributed by atoms with E-state index in [1.54, 1.807) is 0 Å². The van der Waals surface area contributed by atoms with E-state index in [0.29, 0.717) is 18.4 Å². The summed E-state index contributed by atoms with van der Waals surface area (Å²) in [5, 5.41) is 3.99. The summed E-state index contributed by atoms with van der Waals surface area (Å²) in [5.74, 6) is 1.23. The molecule has 21 heavy (non-hydrogen) atoms. The Hall–Kier alpha value is -1.81. The number of benzene rings is 1. The molecule has 1 N–H and O–H groups in total. The van der Waals surface area contributed by atoms with Crippen LogP contribution < -0.4 is 10.1 Å². The summed E-state index contributed by atoms with van der Waals surface area (Å²) in [6.45, 7) is 5.43. The normalized spacial score (nSPS) is 10.4. The summed E-state index contributed by atoms with van der Waals surface area (Å²) >= 11 is 5.87. The number of anilines is 1. The summed E-state index contributed by atoms with van der Waals surface area (Å²) in [5.41, 5.74) is 2.12. The monoisotopic (exact) mass is 305 g/mol. The van der Waals surface area contributed by atoms with Gasteiger partial charge in [-0.3, -0.25) is 0 Å². The molecule has 0 aliphatic heterocycles. The van der Waals surface area contributed by atoms with Crippen molar-refractivity contribution < 1.29 is 4.74 Å². The molecule has 1 aromatic carbocycles. The molecule has 4 nitrogen and oxygen atoms in total. The van der Waals surface area contributed by atoms with Gasteiger partial charge in [-0.25, -0.2) is 4.98 Å². The Balaban J connectivity index is 1.90. The van der Waals surface area contributed by atoms with E-state index in [-0.39, 0.29) is 0 Å². The first-order valence-corrected chi connectivity index (χ1v) is 7.52. The standard InChI is InChI=1S/C16H20ClN3O/c1-3-10-21-15-11-12(2)19-16(20-15)18-9-8-13-4-6-14(17)7-5-13/h4-7,11H,3,8-10H2,1-2H3,(H,18,19,20). The van der Waals surface area contributed by atoms with Gasteiger partial charge >= 0.3 is 0 Å². The van der Waals surface area contributed by atoms with E-state index in [1.165, 1.54) is 5.56 Å². The fourth-order valence-electron chi connectivity index (χ4n) is 1.87. The zero-order valence-electron chi connectivity index (χ0n) is 12.4. The van der Waals surface area contributed by atoms with E-state index in [2.05, 4.69) is 22.2 Å². The lowest BCUT2D eigenvalue weighted by atomic mass is 10.1. The molecule has 5 heteroatoms. The molecular formula is C16H20ClN3O. The molecule has 0 amide bonds. The van der Waals surface area contributed by atoms with E-state index in [4.69, 9.17) is 16.3 Å². The molecule has 0 aliphatic carbocycles. The topological polar surface area (TPSA) is 47.0 Å². The third-order valence-electron chi connectivity index (χ3n) is 2.89. The van der Waals surface area contributed by atoms with Crippen LogP contribution in [0.25, 0.3) is 0 Å². The van der Waals surface area contributed by atoms with Gasteiger partial charge in [-0.15, -0.1) is 0 Å². The van der Waals surface area contributed by atoms with Crippen LogP contribution in [0.5, 0.6) is 5.88 Å². The number of nitrogens with zero attached hydrogens (tertiary/aromatic N) is 2. The van der Waals surface area contributed by atoms with Crippen LogP contribution in [0.2, 0.25) is 5.02 Å². The highest BCUT2D eigenvalue weighted by atomic mass is 35.5. The maximum Gasteiger partial charge on any atom is 0.226 e. The van der Waals surface area contributed by atoms with Crippen LogP contribution in [0.3, 0.4) is 0 Å². The number of nitrogens with one attached hydrogen (secondary N) is 1. The van der Waals surface area contributed by atoms with Gasteiger partial charge in [0.15, 0.2) is 0 Å². The Morgan fingerprint density at radius 3 is 2.67 bits per heavy atom. The highest BCUT2D eigenvalue weighted by molar-refractivity contribution is 6.30. The van der Waals surface area contributed by atoms with E-state index in [9.17, 15) is 0 Å². The first kappa shape index (κ1) is 15.6. The lowest BCUT2D eigenvalue weighted by Gasteiger charge is -2.09. The van der Waals surface area contributed by atoms with E-state index in [1.807, 2.05) is 37.3 Å². The molecule has 1 heterocycles. The number of hydrogen-bond acceptors (Lipinski definition) is 4. The van der Waals surface area contributed by atoms with Crippen molar-refractivity contribution in [1.82, 2.24) is 9.97 Å². The molecule has 2 aromatic rings. The molecule has 2 rings (SSSR count). The minimum atomic E-state index is 0.607. The maximum absolute atomic E-state index is 5.87. The Bertz CT molecular complexity index is 572. The second kappa shape index (κ2) is 7.84. The fraction of sp³-hybridized carbons (Fsp3) is 0.375. The molecule has 0 saturated heterocycles. The number of ether oxygens (including phenoxy) is 1. The molecule has 112 valence electrons. The maximum atomic E-state index is 5.87. The number of aryl methyl sites for hydroxylation is 1. The third-order valence-corrected chi connectivity index (χ3v) is 3.15. The van der Waals surface area contributed by atoms with E-state index >= 15 is 0 Å². The minimum Gasteiger partial charge on any atom is -0.478 e. The number of hydrogen-bond donors (Lipinski definition) is 1. The average Bonchev–Trinajstić information content (AvgIpc) is 2.47. The van der Waals surface area contributed by atoms with Gasteiger partial charge in [-0.05, 0) is 37.5 Å². The molecule has 0 radical (unpaired) electrons. The number of halogens is 1. The molecule has 0 fully saturated rings. The predicted molar refractivity (Wildman–Crippen MR) is 86.2 cm³/mol. The molecule has 1 aromatic heterocycles. The van der Waals surface area contributed by atoms with Crippen molar-refractivity contribution in [1.29, 1.82) is 0 Å². The molecule has 0 aliphatic rings.